The van der Waals surface area contributed by atoms with Gasteiger partial charge in [-0.05, 0) is 23.6 Å². The summed E-state index contributed by atoms with van der Waals surface area (Å²) in [6.45, 7) is 0. The Morgan fingerprint density at radius 2 is 1.48 bits per heavy atom. The Morgan fingerprint density at radius 3 is 2.39 bits per heavy atom. The SMILES string of the molecule is C[n+]1[c-]n(-c2[c-]c(Oc3[c-]c4c(cc3)c3ccccc3n4-c3cc4c(cn3)oc3ccccc34)ccc2)c2ccccc21.[Pt]. The van der Waals surface area contributed by atoms with Crippen molar-refractivity contribution < 1.29 is 34.8 Å². The first kappa shape index (κ1) is 26.4. The molecular weight excluding hydrogens is 728 g/mol. The molecule has 0 aliphatic rings. The van der Waals surface area contributed by atoms with Crippen molar-refractivity contribution in [1.29, 1.82) is 0 Å². The number of pyridine rings is 1. The topological polar surface area (TPSA) is 49.0 Å². The van der Waals surface area contributed by atoms with Gasteiger partial charge in [-0.25, -0.2) is 4.98 Å². The van der Waals surface area contributed by atoms with Gasteiger partial charge in [-0.15, -0.1) is 29.7 Å². The number of hydrogen-bond donors (Lipinski definition) is 0. The van der Waals surface area contributed by atoms with E-state index in [1.54, 1.807) is 6.20 Å². The van der Waals surface area contributed by atoms with Crippen LogP contribution < -0.4 is 9.30 Å². The van der Waals surface area contributed by atoms with Crippen molar-refractivity contribution in [3.05, 3.63) is 134 Å². The Kier molecular flexibility index (Phi) is 6.14. The number of imidazole rings is 1. The molecule has 6 nitrogen and oxygen atoms in total. The summed E-state index contributed by atoms with van der Waals surface area (Å²) in [6, 6.07) is 43.6. The standard InChI is InChI=1S/C37H22N4O2.Pt/c1-39-23-40(33-15-6-5-14-32(33)39)24-9-8-10-25(19-24)42-26-17-18-28-27-11-2-4-13-31(27)41(34(28)20-26)37-21-30-29-12-3-7-16-35(29)43-36(30)22-38-37;/h2-18,21-22H,1H3;/q-2;. The number of para-hydroxylation sites is 4. The minimum atomic E-state index is 0. The smallest absolute Gasteiger partial charge is 0.242 e. The van der Waals surface area contributed by atoms with E-state index in [1.165, 1.54) is 0 Å². The molecule has 7 heteroatoms. The molecule has 0 unspecified atom stereocenters. The Hall–Kier alpha value is -5.19. The number of hydrogen-bond acceptors (Lipinski definition) is 3. The summed E-state index contributed by atoms with van der Waals surface area (Å²) in [5.74, 6) is 1.97. The summed E-state index contributed by atoms with van der Waals surface area (Å²) in [4.78, 5) is 4.82. The second kappa shape index (κ2) is 10.2. The van der Waals surface area contributed by atoms with Crippen molar-refractivity contribution in [2.75, 3.05) is 0 Å². The van der Waals surface area contributed by atoms with Gasteiger partial charge in [-0.3, -0.25) is 0 Å². The number of ether oxygens (including phenoxy) is 1. The third-order valence-electron chi connectivity index (χ3n) is 7.98. The number of fused-ring (bicyclic) bond motifs is 7. The van der Waals surface area contributed by atoms with Crippen LogP contribution in [0.3, 0.4) is 0 Å². The van der Waals surface area contributed by atoms with Crippen molar-refractivity contribution in [1.82, 2.24) is 14.1 Å². The zero-order valence-corrected chi connectivity index (χ0v) is 25.7. The van der Waals surface area contributed by atoms with Crippen LogP contribution in [0.4, 0.5) is 0 Å². The fraction of sp³-hybridized carbons (Fsp3) is 0.0270. The van der Waals surface area contributed by atoms with Gasteiger partial charge in [-0.2, -0.15) is 18.2 Å². The normalized spacial score (nSPS) is 11.6. The predicted molar refractivity (Wildman–Crippen MR) is 167 cm³/mol. The van der Waals surface area contributed by atoms with Crippen LogP contribution in [0.1, 0.15) is 0 Å². The molecule has 0 spiro atoms. The van der Waals surface area contributed by atoms with Crippen molar-refractivity contribution in [2.45, 2.75) is 0 Å². The second-order valence-electron chi connectivity index (χ2n) is 10.6. The van der Waals surface area contributed by atoms with Crippen LogP contribution >= 0.6 is 0 Å². The van der Waals surface area contributed by atoms with Gasteiger partial charge in [0.05, 0.1) is 24.3 Å². The molecule has 0 bridgehead atoms. The van der Waals surface area contributed by atoms with E-state index in [0.717, 1.165) is 66.3 Å². The molecule has 4 aromatic heterocycles. The minimum absolute atomic E-state index is 0. The summed E-state index contributed by atoms with van der Waals surface area (Å²) < 4.78 is 18.5. The van der Waals surface area contributed by atoms with E-state index in [9.17, 15) is 0 Å². The average molecular weight is 750 g/mol. The van der Waals surface area contributed by atoms with Crippen LogP contribution in [-0.2, 0) is 28.1 Å². The average Bonchev–Trinajstić information content (AvgIpc) is 3.70. The van der Waals surface area contributed by atoms with Gasteiger partial charge >= 0.3 is 0 Å². The van der Waals surface area contributed by atoms with Crippen molar-refractivity contribution in [2.24, 2.45) is 7.05 Å². The number of benzene rings is 5. The first-order valence-electron chi connectivity index (χ1n) is 14.0. The Balaban J connectivity index is 0.00000289. The quantitative estimate of drug-likeness (QED) is 0.135. The van der Waals surface area contributed by atoms with E-state index < -0.39 is 0 Å². The Bertz CT molecular complexity index is 2520. The van der Waals surface area contributed by atoms with Gasteiger partial charge in [0.1, 0.15) is 11.4 Å². The van der Waals surface area contributed by atoms with E-state index in [2.05, 4.69) is 71.6 Å². The summed E-state index contributed by atoms with van der Waals surface area (Å²) in [6.07, 6.45) is 5.17. The van der Waals surface area contributed by atoms with Gasteiger partial charge in [0, 0.05) is 48.9 Å². The fourth-order valence-corrected chi connectivity index (χ4v) is 6.04. The van der Waals surface area contributed by atoms with Gasteiger partial charge in [0.25, 0.3) is 0 Å². The second-order valence-corrected chi connectivity index (χ2v) is 10.6. The molecule has 0 amide bonds. The molecule has 0 aliphatic heterocycles. The molecule has 0 saturated heterocycles. The van der Waals surface area contributed by atoms with Crippen LogP contribution in [0.25, 0.3) is 66.3 Å². The predicted octanol–water partition coefficient (Wildman–Crippen LogP) is 8.04. The van der Waals surface area contributed by atoms with Crippen molar-refractivity contribution in [3.8, 4) is 23.0 Å². The third kappa shape index (κ3) is 4.06. The zero-order valence-electron chi connectivity index (χ0n) is 23.4. The summed E-state index contributed by atoms with van der Waals surface area (Å²) >= 11 is 0. The summed E-state index contributed by atoms with van der Waals surface area (Å²) in [7, 11) is 1.99. The maximum atomic E-state index is 6.38. The van der Waals surface area contributed by atoms with Gasteiger partial charge in [0.2, 0.25) is 6.33 Å². The fourth-order valence-electron chi connectivity index (χ4n) is 6.04. The Morgan fingerprint density at radius 1 is 0.705 bits per heavy atom. The summed E-state index contributed by atoms with van der Waals surface area (Å²) in [5.41, 5.74) is 6.51. The largest absolute Gasteiger partial charge is 0.510 e. The molecule has 0 radical (unpaired) electrons. The molecule has 0 saturated carbocycles. The van der Waals surface area contributed by atoms with Crippen molar-refractivity contribution in [3.63, 3.8) is 0 Å². The third-order valence-corrected chi connectivity index (χ3v) is 7.98. The van der Waals surface area contributed by atoms with Gasteiger partial charge in [-0.1, -0.05) is 71.9 Å². The number of aryl methyl sites for hydroxylation is 1. The molecule has 9 aromatic rings. The van der Waals surface area contributed by atoms with E-state index >= 15 is 0 Å². The molecule has 0 fully saturated rings. The molecule has 9 rings (SSSR count). The molecule has 44 heavy (non-hydrogen) atoms. The molecule has 5 aromatic carbocycles. The number of nitrogens with zero attached hydrogens (tertiary/aromatic N) is 4. The Labute approximate surface area is 266 Å². The minimum Gasteiger partial charge on any atom is -0.510 e. The van der Waals surface area contributed by atoms with Gasteiger partial charge < -0.3 is 22.9 Å². The molecular formula is C37H22N4O2Pt-2. The molecule has 0 atom stereocenters. The van der Waals surface area contributed by atoms with E-state index in [0.29, 0.717) is 11.5 Å². The van der Waals surface area contributed by atoms with E-state index in [4.69, 9.17) is 14.1 Å². The van der Waals surface area contributed by atoms with Crippen LogP contribution in [-0.4, -0.2) is 14.1 Å². The maximum Gasteiger partial charge on any atom is 0.242 e. The molecule has 214 valence electrons. The molecule has 0 aliphatic carbocycles. The number of furan rings is 1. The van der Waals surface area contributed by atoms with Crippen LogP contribution in [0.5, 0.6) is 11.5 Å². The zero-order chi connectivity index (χ0) is 28.5. The summed E-state index contributed by atoms with van der Waals surface area (Å²) in [5, 5.41) is 4.27. The van der Waals surface area contributed by atoms with E-state index in [1.807, 2.05) is 76.8 Å². The van der Waals surface area contributed by atoms with E-state index in [-0.39, 0.29) is 21.1 Å². The van der Waals surface area contributed by atoms with Crippen molar-refractivity contribution >= 4 is 54.8 Å². The first-order valence-corrected chi connectivity index (χ1v) is 14.0. The van der Waals surface area contributed by atoms with Gasteiger partial charge in [0.15, 0.2) is 5.58 Å². The monoisotopic (exact) mass is 749 g/mol. The molecule has 4 heterocycles. The first-order chi connectivity index (χ1) is 21.2. The van der Waals surface area contributed by atoms with Crippen LogP contribution in [0.2, 0.25) is 0 Å². The maximum absolute atomic E-state index is 6.38. The van der Waals surface area contributed by atoms with Crippen LogP contribution in [0, 0.1) is 18.5 Å². The number of rotatable bonds is 4. The van der Waals surface area contributed by atoms with Crippen LogP contribution in [0.15, 0.2) is 120 Å². The number of aromatic nitrogens is 4. The molecule has 0 N–H and O–H groups in total.